The second-order valence-electron chi connectivity index (χ2n) is 13.8. The Morgan fingerprint density at radius 3 is 2.29 bits per heavy atom. The number of nitrogens with two attached hydrogens (primary N) is 2. The van der Waals surface area contributed by atoms with Gasteiger partial charge in [0, 0.05) is 48.7 Å². The highest BCUT2D eigenvalue weighted by molar-refractivity contribution is 5.96. The number of benzene rings is 1. The summed E-state index contributed by atoms with van der Waals surface area (Å²) in [5.41, 5.74) is 12.4. The molecule has 0 saturated heterocycles. The zero-order valence-electron chi connectivity index (χ0n) is 30.8. The number of carboxylic acids is 1. The third-order valence-electron chi connectivity index (χ3n) is 9.45. The molecule has 0 saturated carbocycles. The molecule has 3 amide bonds. The van der Waals surface area contributed by atoms with Gasteiger partial charge in [-0.2, -0.15) is 0 Å². The lowest BCUT2D eigenvalue weighted by Gasteiger charge is -2.37. The van der Waals surface area contributed by atoms with Crippen LogP contribution in [0.2, 0.25) is 0 Å². The Kier molecular flexibility index (Phi) is 14.9. The summed E-state index contributed by atoms with van der Waals surface area (Å²) in [6.07, 6.45) is 4.87. The van der Waals surface area contributed by atoms with Crippen LogP contribution in [-0.2, 0) is 31.6 Å². The molecule has 5 atom stereocenters. The molecule has 2 aromatic rings. The van der Waals surface area contributed by atoms with Crippen LogP contribution in [0.3, 0.4) is 0 Å². The Bertz CT molecular complexity index is 1520. The lowest BCUT2D eigenvalue weighted by Crippen LogP contribution is -2.60. The number of aliphatic carboxylic acids is 1. The first kappa shape index (κ1) is 40.8. The molecule has 1 aromatic heterocycles. The molecule has 0 spiro atoms. The fraction of sp³-hybridized carbons (Fsp3) is 0.583. The molecule has 0 fully saturated rings. The van der Waals surface area contributed by atoms with E-state index < -0.39 is 41.5 Å². The molecule has 272 valence electrons. The summed E-state index contributed by atoms with van der Waals surface area (Å²) < 4.78 is 2.05. The Labute approximate surface area is 290 Å². The van der Waals surface area contributed by atoms with Crippen molar-refractivity contribution in [3.8, 4) is 0 Å². The minimum Gasteiger partial charge on any atom is -0.480 e. The van der Waals surface area contributed by atoms with Gasteiger partial charge in [-0.05, 0) is 50.3 Å². The van der Waals surface area contributed by atoms with Gasteiger partial charge in [0.15, 0.2) is 5.96 Å². The number of para-hydroxylation sites is 1. The molecule has 0 aliphatic heterocycles. The Balaban J connectivity index is 2.32. The maximum atomic E-state index is 14.2. The summed E-state index contributed by atoms with van der Waals surface area (Å²) in [6, 6.07) is 4.93. The number of hydrogen-bond acceptors (Lipinski definition) is 6. The molecule has 0 radical (unpaired) electrons. The number of carbonyl (C=O) groups excluding carboxylic acids is 3. The van der Waals surface area contributed by atoms with Crippen molar-refractivity contribution in [3.05, 3.63) is 47.7 Å². The molecule has 0 aliphatic carbocycles. The van der Waals surface area contributed by atoms with E-state index in [1.54, 1.807) is 32.0 Å². The van der Waals surface area contributed by atoms with Crippen molar-refractivity contribution in [2.24, 2.45) is 35.3 Å². The topological polar surface area (TPSA) is 197 Å². The zero-order valence-corrected chi connectivity index (χ0v) is 30.8. The molecule has 8 N–H and O–H groups in total. The first-order chi connectivity index (χ1) is 22.9. The standard InChI is InChI=1S/C36H58N8O5/c1-11-22(4)29(42-32(46)30(39-8)36(6,7)25-20-43(9)27-17-13-12-15-24(25)27)33(47)44(10)28(21(2)3)19-23(5)31(45)41-26(34(48)49)16-14-18-40-35(37)38/h12-13,15,17,19-22,26,28-30,39H,11,14,16,18H2,1-10H3,(H,41,45)(H,42,46)(H,48,49)(H4,37,38,40)/b23-19+/t22-,26+,28-,29+,30-/m1/s1. The molecular formula is C36H58N8O5. The van der Waals surface area contributed by atoms with Crippen LogP contribution in [0.4, 0.5) is 0 Å². The number of amides is 3. The van der Waals surface area contributed by atoms with Crippen LogP contribution < -0.4 is 27.4 Å². The number of aliphatic imine (C=N–C) groups is 1. The van der Waals surface area contributed by atoms with Crippen molar-refractivity contribution in [1.29, 1.82) is 0 Å². The Morgan fingerprint density at radius 1 is 1.10 bits per heavy atom. The Hall–Kier alpha value is -4.39. The minimum atomic E-state index is -1.17. The lowest BCUT2D eigenvalue weighted by molar-refractivity contribution is -0.141. The maximum Gasteiger partial charge on any atom is 0.326 e. The van der Waals surface area contributed by atoms with Gasteiger partial charge in [0.1, 0.15) is 12.1 Å². The van der Waals surface area contributed by atoms with Gasteiger partial charge in [-0.15, -0.1) is 0 Å². The summed E-state index contributed by atoms with van der Waals surface area (Å²) in [5, 5.41) is 19.6. The van der Waals surface area contributed by atoms with E-state index in [4.69, 9.17) is 11.5 Å². The fourth-order valence-corrected chi connectivity index (χ4v) is 6.23. The average molecular weight is 683 g/mol. The maximum absolute atomic E-state index is 14.2. The highest BCUT2D eigenvalue weighted by Crippen LogP contribution is 2.34. The van der Waals surface area contributed by atoms with E-state index >= 15 is 0 Å². The number of nitrogens with one attached hydrogen (secondary N) is 3. The molecule has 0 unspecified atom stereocenters. The summed E-state index contributed by atoms with van der Waals surface area (Å²) in [7, 11) is 5.39. The number of carbonyl (C=O) groups is 4. The molecule has 49 heavy (non-hydrogen) atoms. The van der Waals surface area contributed by atoms with Crippen molar-refractivity contribution >= 4 is 40.6 Å². The molecular weight excluding hydrogens is 624 g/mol. The number of nitrogens with zero attached hydrogens (tertiary/aromatic N) is 3. The van der Waals surface area contributed by atoms with Crippen molar-refractivity contribution < 1.29 is 24.3 Å². The van der Waals surface area contributed by atoms with E-state index in [1.165, 1.54) is 0 Å². The first-order valence-corrected chi connectivity index (χ1v) is 16.9. The van der Waals surface area contributed by atoms with Crippen LogP contribution in [0.1, 0.15) is 73.3 Å². The normalized spacial score (nSPS) is 15.2. The van der Waals surface area contributed by atoms with E-state index in [-0.39, 0.29) is 48.1 Å². The third kappa shape index (κ3) is 10.3. The van der Waals surface area contributed by atoms with Gasteiger partial charge in [-0.3, -0.25) is 19.4 Å². The third-order valence-corrected chi connectivity index (χ3v) is 9.45. The van der Waals surface area contributed by atoms with Crippen LogP contribution in [0.25, 0.3) is 10.9 Å². The number of aryl methyl sites for hydroxylation is 1. The smallest absolute Gasteiger partial charge is 0.326 e. The molecule has 0 bridgehead atoms. The summed E-state index contributed by atoms with van der Waals surface area (Å²) in [4.78, 5) is 58.6. The summed E-state index contributed by atoms with van der Waals surface area (Å²) in [6.45, 7) is 13.6. The van der Waals surface area contributed by atoms with Crippen LogP contribution >= 0.6 is 0 Å². The molecule has 0 aliphatic rings. The fourth-order valence-electron chi connectivity index (χ4n) is 6.23. The van der Waals surface area contributed by atoms with Crippen molar-refractivity contribution in [1.82, 2.24) is 25.4 Å². The van der Waals surface area contributed by atoms with Crippen LogP contribution in [0.5, 0.6) is 0 Å². The van der Waals surface area contributed by atoms with E-state index in [0.717, 1.165) is 16.5 Å². The number of aromatic nitrogens is 1. The number of carboxylic acid groups (broad SMARTS) is 1. The number of guanidine groups is 1. The number of hydrogen-bond donors (Lipinski definition) is 6. The molecule has 1 aromatic carbocycles. The minimum absolute atomic E-state index is 0.0881. The predicted molar refractivity (Wildman–Crippen MR) is 195 cm³/mol. The quantitative estimate of drug-likeness (QED) is 0.0597. The van der Waals surface area contributed by atoms with Gasteiger partial charge < -0.3 is 42.0 Å². The largest absolute Gasteiger partial charge is 0.480 e. The zero-order chi connectivity index (χ0) is 37.2. The Morgan fingerprint density at radius 2 is 1.73 bits per heavy atom. The molecule has 13 nitrogen and oxygen atoms in total. The second kappa shape index (κ2) is 17.8. The predicted octanol–water partition coefficient (Wildman–Crippen LogP) is 2.63. The number of rotatable bonds is 18. The van der Waals surface area contributed by atoms with Gasteiger partial charge in [-0.25, -0.2) is 4.79 Å². The molecule has 13 heteroatoms. The number of fused-ring (bicyclic) bond motifs is 1. The van der Waals surface area contributed by atoms with E-state index in [2.05, 4.69) is 37.8 Å². The van der Waals surface area contributed by atoms with Gasteiger partial charge in [0.05, 0.1) is 12.1 Å². The average Bonchev–Trinajstić information content (AvgIpc) is 3.39. The van der Waals surface area contributed by atoms with Crippen molar-refractivity contribution in [2.75, 3.05) is 20.6 Å². The van der Waals surface area contributed by atoms with E-state index in [0.29, 0.717) is 12.8 Å². The SMILES string of the molecule is CC[C@@H](C)[C@H](NC(=O)[C@@H](NC)C(C)(C)c1cn(C)c2ccccc12)C(=O)N(C)[C@H](/C=C(\C)C(=O)N[C@@H](CCCN=C(N)N)C(=O)O)C(C)C. The van der Waals surface area contributed by atoms with Crippen LogP contribution in [0.15, 0.2) is 47.1 Å². The van der Waals surface area contributed by atoms with E-state index in [9.17, 15) is 24.3 Å². The van der Waals surface area contributed by atoms with Crippen LogP contribution in [0, 0.1) is 11.8 Å². The summed E-state index contributed by atoms with van der Waals surface area (Å²) in [5.74, 6) is -2.68. The van der Waals surface area contributed by atoms with Gasteiger partial charge in [-0.1, -0.05) is 72.2 Å². The highest BCUT2D eigenvalue weighted by Gasteiger charge is 2.40. The van der Waals surface area contributed by atoms with Gasteiger partial charge in [0.2, 0.25) is 17.7 Å². The number of likely N-dealkylation sites (N-methyl/N-ethyl adjacent to an activating group) is 2. The van der Waals surface area contributed by atoms with Gasteiger partial charge in [0.25, 0.3) is 0 Å². The highest BCUT2D eigenvalue weighted by atomic mass is 16.4. The second-order valence-corrected chi connectivity index (χ2v) is 13.8. The molecule has 2 rings (SSSR count). The van der Waals surface area contributed by atoms with Gasteiger partial charge >= 0.3 is 5.97 Å². The first-order valence-electron chi connectivity index (χ1n) is 16.9. The van der Waals surface area contributed by atoms with Crippen molar-refractivity contribution in [2.45, 2.75) is 97.3 Å². The van der Waals surface area contributed by atoms with E-state index in [1.807, 2.05) is 66.8 Å². The molecule has 1 heterocycles. The van der Waals surface area contributed by atoms with Crippen molar-refractivity contribution in [3.63, 3.8) is 0 Å². The van der Waals surface area contributed by atoms with Crippen LogP contribution in [-0.4, -0.2) is 89.0 Å². The monoisotopic (exact) mass is 682 g/mol. The summed E-state index contributed by atoms with van der Waals surface area (Å²) >= 11 is 0. The lowest BCUT2D eigenvalue weighted by atomic mass is 9.77.